The van der Waals surface area contributed by atoms with E-state index in [0.717, 1.165) is 11.1 Å². The average Bonchev–Trinajstić information content (AvgIpc) is 2.98. The van der Waals surface area contributed by atoms with Crippen molar-refractivity contribution >= 4 is 34.8 Å². The van der Waals surface area contributed by atoms with Crippen molar-refractivity contribution in [1.82, 2.24) is 0 Å². The summed E-state index contributed by atoms with van der Waals surface area (Å²) < 4.78 is 24.5. The Balaban J connectivity index is 1.27. The Morgan fingerprint density at radius 3 is 1.85 bits per heavy atom. The summed E-state index contributed by atoms with van der Waals surface area (Å²) in [6.45, 7) is 11.3. The summed E-state index contributed by atoms with van der Waals surface area (Å²) in [5.74, 6) is 2.25. The number of halogens is 2. The quantitative estimate of drug-likeness (QED) is 0.225. The lowest BCUT2D eigenvalue weighted by Gasteiger charge is -2.42. The lowest BCUT2D eigenvalue weighted by Crippen LogP contribution is -2.37. The van der Waals surface area contributed by atoms with Gasteiger partial charge in [0.1, 0.15) is 24.7 Å². The van der Waals surface area contributed by atoms with Gasteiger partial charge in [0.25, 0.3) is 0 Å². The van der Waals surface area contributed by atoms with E-state index in [1.54, 1.807) is 12.1 Å². The Morgan fingerprint density at radius 1 is 0.702 bits per heavy atom. The Bertz CT molecular complexity index is 1710. The van der Waals surface area contributed by atoms with Crippen molar-refractivity contribution in [2.24, 2.45) is 10.8 Å². The highest BCUT2D eigenvalue weighted by Gasteiger charge is 2.48. The molecule has 3 aromatic rings. The molecule has 0 saturated carbocycles. The molecule has 0 aromatic heterocycles. The van der Waals surface area contributed by atoms with Crippen LogP contribution in [0.4, 0.5) is 0 Å². The van der Waals surface area contributed by atoms with Crippen LogP contribution in [0.25, 0.3) is 0 Å². The van der Waals surface area contributed by atoms with Crippen LogP contribution in [0.15, 0.2) is 83.3 Å². The highest BCUT2D eigenvalue weighted by atomic mass is 35.5. The van der Waals surface area contributed by atoms with E-state index in [1.807, 2.05) is 55.5 Å². The first-order valence-electron chi connectivity index (χ1n) is 16.1. The maximum absolute atomic E-state index is 13.7. The van der Waals surface area contributed by atoms with Gasteiger partial charge in [0.05, 0.1) is 16.7 Å². The number of carbonyl (C=O) groups excluding carboxylic acids is 2. The van der Waals surface area contributed by atoms with E-state index in [1.165, 1.54) is 0 Å². The fraction of sp³-hybridized carbons (Fsp3) is 0.385. The van der Waals surface area contributed by atoms with E-state index in [0.29, 0.717) is 94.4 Å². The summed E-state index contributed by atoms with van der Waals surface area (Å²) in [6.07, 6.45) is 1.96. The normalized spacial score (nSPS) is 18.8. The number of ketones is 2. The summed E-state index contributed by atoms with van der Waals surface area (Å²) in [4.78, 5) is 27.3. The zero-order valence-electron chi connectivity index (χ0n) is 27.5. The number of hydrogen-bond acceptors (Lipinski definition) is 6. The molecule has 6 rings (SSSR count). The first kappa shape index (κ1) is 33.2. The predicted molar refractivity (Wildman–Crippen MR) is 183 cm³/mol. The van der Waals surface area contributed by atoms with E-state index in [9.17, 15) is 9.59 Å². The number of hydrogen-bond donors (Lipinski definition) is 0. The minimum absolute atomic E-state index is 0.0145. The average molecular weight is 676 g/mol. The second-order valence-electron chi connectivity index (χ2n) is 14.2. The lowest BCUT2D eigenvalue weighted by molar-refractivity contribution is -0.120. The van der Waals surface area contributed by atoms with Crippen LogP contribution in [0.3, 0.4) is 0 Å². The second kappa shape index (κ2) is 13.0. The molecule has 0 radical (unpaired) electrons. The first-order chi connectivity index (χ1) is 22.3. The molecular weight excluding hydrogens is 635 g/mol. The molecule has 246 valence electrons. The fourth-order valence-corrected chi connectivity index (χ4v) is 7.43. The number of benzene rings is 3. The Kier molecular flexibility index (Phi) is 9.21. The van der Waals surface area contributed by atoms with Gasteiger partial charge in [0.2, 0.25) is 0 Å². The van der Waals surface area contributed by atoms with Crippen molar-refractivity contribution in [2.75, 3.05) is 6.61 Å². The van der Waals surface area contributed by atoms with Crippen molar-refractivity contribution in [2.45, 2.75) is 79.4 Å². The van der Waals surface area contributed by atoms with Crippen molar-refractivity contribution in [1.29, 1.82) is 0 Å². The van der Waals surface area contributed by atoms with E-state index >= 15 is 0 Å². The zero-order chi connectivity index (χ0) is 33.5. The molecule has 1 heterocycles. The molecule has 6 nitrogen and oxygen atoms in total. The molecule has 0 saturated heterocycles. The maximum Gasteiger partial charge on any atom is 0.163 e. The van der Waals surface area contributed by atoms with E-state index in [2.05, 4.69) is 27.7 Å². The Morgan fingerprint density at radius 2 is 1.28 bits per heavy atom. The zero-order valence-corrected chi connectivity index (χ0v) is 29.0. The van der Waals surface area contributed by atoms with Gasteiger partial charge in [-0.25, -0.2) is 0 Å². The topological polar surface area (TPSA) is 71.1 Å². The van der Waals surface area contributed by atoms with Crippen LogP contribution < -0.4 is 14.2 Å². The van der Waals surface area contributed by atoms with E-state index in [-0.39, 0.29) is 29.0 Å². The highest BCUT2D eigenvalue weighted by molar-refractivity contribution is 6.37. The van der Waals surface area contributed by atoms with Crippen molar-refractivity contribution in [3.63, 3.8) is 0 Å². The van der Waals surface area contributed by atoms with Gasteiger partial charge in [-0.1, -0.05) is 87.3 Å². The summed E-state index contributed by atoms with van der Waals surface area (Å²) in [6, 6.07) is 19.1. The van der Waals surface area contributed by atoms with Crippen LogP contribution in [-0.4, -0.2) is 18.2 Å². The van der Waals surface area contributed by atoms with Gasteiger partial charge >= 0.3 is 0 Å². The number of Topliss-reactive ketones (excluding diaryl/α,β-unsaturated/α-hetero) is 2. The van der Waals surface area contributed by atoms with Gasteiger partial charge in [-0.2, -0.15) is 0 Å². The molecule has 0 amide bonds. The summed E-state index contributed by atoms with van der Waals surface area (Å²) in [5, 5.41) is 0.589. The first-order valence-corrected chi connectivity index (χ1v) is 16.8. The van der Waals surface area contributed by atoms with Crippen LogP contribution in [0, 0.1) is 10.8 Å². The van der Waals surface area contributed by atoms with Crippen molar-refractivity contribution in [3.05, 3.63) is 110 Å². The smallest absolute Gasteiger partial charge is 0.163 e. The molecule has 0 fully saturated rings. The molecule has 0 spiro atoms. The Labute approximate surface area is 286 Å². The van der Waals surface area contributed by atoms with Gasteiger partial charge in [0, 0.05) is 42.7 Å². The van der Waals surface area contributed by atoms with Crippen molar-refractivity contribution < 1.29 is 28.5 Å². The van der Waals surface area contributed by atoms with Gasteiger partial charge in [-0.15, -0.1) is 0 Å². The molecule has 3 aliphatic rings. The summed E-state index contributed by atoms with van der Waals surface area (Å²) in [7, 11) is 0. The number of carbonyl (C=O) groups is 2. The molecular formula is C39H40Cl2O6. The predicted octanol–water partition coefficient (Wildman–Crippen LogP) is 9.95. The monoisotopic (exact) mass is 674 g/mol. The summed E-state index contributed by atoms with van der Waals surface area (Å²) in [5.41, 5.74) is 3.17. The molecule has 8 heteroatoms. The van der Waals surface area contributed by atoms with Crippen LogP contribution in [0.2, 0.25) is 10.0 Å². The molecule has 0 atom stereocenters. The standard InChI is InChI=1S/C39H40Cl2O6/c1-6-44-31-14-24(12-13-30(31)45-21-23-10-8-7-9-11-23)22-46-37-26(40)15-25(16-27(37)41)34-35-28(42)17-38(2,3)19-32(35)47-33-20-39(4,5)18-29(43)36(33)34/h7-16,34H,6,17-22H2,1-5H3. The fourth-order valence-electron chi connectivity index (χ4n) is 6.81. The minimum Gasteiger partial charge on any atom is -0.490 e. The van der Waals surface area contributed by atoms with E-state index < -0.39 is 5.92 Å². The van der Waals surface area contributed by atoms with Crippen LogP contribution >= 0.6 is 23.2 Å². The van der Waals surface area contributed by atoms with E-state index in [4.69, 9.17) is 42.1 Å². The Hall–Kier alpha value is -3.74. The van der Waals surface area contributed by atoms with Gasteiger partial charge in [-0.05, 0) is 58.7 Å². The number of rotatable bonds is 9. The molecule has 0 bridgehead atoms. The van der Waals surface area contributed by atoms with Crippen molar-refractivity contribution in [3.8, 4) is 17.2 Å². The molecule has 47 heavy (non-hydrogen) atoms. The third-order valence-electron chi connectivity index (χ3n) is 8.86. The molecule has 2 aliphatic carbocycles. The molecule has 0 N–H and O–H groups in total. The molecule has 3 aromatic carbocycles. The van der Waals surface area contributed by atoms with Gasteiger partial charge in [0.15, 0.2) is 28.8 Å². The highest BCUT2D eigenvalue weighted by Crippen LogP contribution is 2.54. The minimum atomic E-state index is -0.595. The maximum atomic E-state index is 13.7. The SMILES string of the molecule is CCOc1cc(COc2c(Cl)cc(C3C4=C(CC(C)(C)CC4=O)OC4=C3C(=O)CC(C)(C)C4)cc2Cl)ccc1OCc1ccccc1. The van der Waals surface area contributed by atoms with Crippen LogP contribution in [-0.2, 0) is 27.5 Å². The van der Waals surface area contributed by atoms with Crippen LogP contribution in [0.1, 0.15) is 82.9 Å². The number of ether oxygens (including phenoxy) is 4. The second-order valence-corrected chi connectivity index (χ2v) is 15.0. The number of allylic oxidation sites excluding steroid dienone is 4. The lowest BCUT2D eigenvalue weighted by atomic mass is 9.65. The third kappa shape index (κ3) is 7.09. The van der Waals surface area contributed by atoms with Crippen LogP contribution in [0.5, 0.6) is 17.2 Å². The molecule has 0 unspecified atom stereocenters. The van der Waals surface area contributed by atoms with Gasteiger partial charge in [-0.3, -0.25) is 9.59 Å². The molecule has 1 aliphatic heterocycles. The largest absolute Gasteiger partial charge is 0.490 e. The van der Waals surface area contributed by atoms with Gasteiger partial charge < -0.3 is 18.9 Å². The third-order valence-corrected chi connectivity index (χ3v) is 9.43. The summed E-state index contributed by atoms with van der Waals surface area (Å²) >= 11 is 13.7.